The van der Waals surface area contributed by atoms with Gasteiger partial charge < -0.3 is 9.47 Å². The van der Waals surface area contributed by atoms with Gasteiger partial charge in [-0.15, -0.1) is 0 Å². The average Bonchev–Trinajstić information content (AvgIpc) is 2.76. The van der Waals surface area contributed by atoms with Crippen LogP contribution in [0.5, 0.6) is 11.5 Å². The molecule has 1 atom stereocenters. The Bertz CT molecular complexity index is 1120. The number of allylic oxidation sites excluding steroid dienone is 9. The molecule has 2 aliphatic rings. The summed E-state index contributed by atoms with van der Waals surface area (Å²) in [5, 5.41) is 0. The summed E-state index contributed by atoms with van der Waals surface area (Å²) in [6.45, 7) is 17.0. The van der Waals surface area contributed by atoms with Crippen molar-refractivity contribution in [3.8, 4) is 11.5 Å². The van der Waals surface area contributed by atoms with Crippen molar-refractivity contribution < 1.29 is 14.3 Å². The topological polar surface area (TPSA) is 35.5 Å². The molecule has 0 saturated heterocycles. The maximum atomic E-state index is 12.6. The summed E-state index contributed by atoms with van der Waals surface area (Å²) >= 11 is 0. The minimum Gasteiger partial charge on any atom is -0.490 e. The first-order valence-electron chi connectivity index (χ1n) is 12.9. The fourth-order valence-corrected chi connectivity index (χ4v) is 5.11. The molecule has 35 heavy (non-hydrogen) atoms. The molecule has 1 aliphatic carbocycles. The molecule has 0 aromatic heterocycles. The molecule has 1 aromatic rings. The van der Waals surface area contributed by atoms with E-state index >= 15 is 0 Å². The number of benzene rings is 1. The molecule has 0 bridgehead atoms. The Morgan fingerprint density at radius 2 is 1.86 bits per heavy atom. The van der Waals surface area contributed by atoms with E-state index in [4.69, 9.17) is 9.47 Å². The van der Waals surface area contributed by atoms with E-state index in [0.29, 0.717) is 5.75 Å². The van der Waals surface area contributed by atoms with Crippen LogP contribution in [-0.4, -0.2) is 12.1 Å². The van der Waals surface area contributed by atoms with Crippen LogP contribution in [0.4, 0.5) is 0 Å². The van der Waals surface area contributed by atoms with E-state index in [0.717, 1.165) is 40.9 Å². The van der Waals surface area contributed by atoms with Gasteiger partial charge in [0.25, 0.3) is 0 Å². The summed E-state index contributed by atoms with van der Waals surface area (Å²) < 4.78 is 11.7. The van der Waals surface area contributed by atoms with Crippen LogP contribution in [-0.2, 0) is 11.2 Å². The summed E-state index contributed by atoms with van der Waals surface area (Å²) in [4.78, 5) is 12.6. The van der Waals surface area contributed by atoms with E-state index in [1.165, 1.54) is 36.0 Å². The number of rotatable bonds is 6. The minimum atomic E-state index is -0.359. The lowest BCUT2D eigenvalue weighted by Crippen LogP contribution is -2.21. The van der Waals surface area contributed by atoms with Crippen LogP contribution in [0.25, 0.3) is 0 Å². The number of carbonyl (C=O) groups excluding carboxylic acids is 1. The predicted octanol–water partition coefficient (Wildman–Crippen LogP) is 8.45. The molecule has 1 heterocycles. The van der Waals surface area contributed by atoms with Crippen molar-refractivity contribution >= 4 is 5.97 Å². The SMILES string of the molecule is CC1=C(/C=C/C(C)=C/C=C/C(C)=C/C(=O)Oc2cc(C)c3c(c2C)CCC(C)O3)C(C)(C)CCC1. The van der Waals surface area contributed by atoms with Crippen LogP contribution in [0.1, 0.15) is 83.9 Å². The van der Waals surface area contributed by atoms with Gasteiger partial charge in [0.1, 0.15) is 11.5 Å². The third-order valence-electron chi connectivity index (χ3n) is 7.25. The Hall–Kier alpha value is -2.81. The normalized spacial score (nSPS) is 20.9. The van der Waals surface area contributed by atoms with Gasteiger partial charge in [0.2, 0.25) is 0 Å². The second kappa shape index (κ2) is 11.3. The number of esters is 1. The Labute approximate surface area is 212 Å². The van der Waals surface area contributed by atoms with E-state index in [1.54, 1.807) is 6.08 Å². The zero-order chi connectivity index (χ0) is 25.8. The standard InChI is InChI=1S/C32H42O3/c1-21(14-17-28-23(3)13-10-18-32(28,7)8)11-9-12-22(2)19-30(33)35-29-20-24(4)31-27(26(29)6)16-15-25(5)34-31/h9,11-12,14,17,19-20,25H,10,13,15-16,18H2,1-8H3/b12-9+,17-14+,21-11+,22-19+. The number of fused-ring (bicyclic) bond motifs is 1. The second-order valence-corrected chi connectivity index (χ2v) is 10.9. The van der Waals surface area contributed by atoms with Gasteiger partial charge in [-0.1, -0.05) is 55.4 Å². The number of carbonyl (C=O) groups is 1. The second-order valence-electron chi connectivity index (χ2n) is 10.9. The van der Waals surface area contributed by atoms with Gasteiger partial charge in [0.05, 0.1) is 6.10 Å². The van der Waals surface area contributed by atoms with Crippen molar-refractivity contribution in [1.82, 2.24) is 0 Å². The summed E-state index contributed by atoms with van der Waals surface area (Å²) in [5.41, 5.74) is 8.39. The monoisotopic (exact) mass is 474 g/mol. The number of hydrogen-bond donors (Lipinski definition) is 0. The first-order chi connectivity index (χ1) is 16.5. The van der Waals surface area contributed by atoms with E-state index in [2.05, 4.69) is 52.8 Å². The van der Waals surface area contributed by atoms with Crippen molar-refractivity contribution in [2.75, 3.05) is 0 Å². The molecule has 0 spiro atoms. The molecule has 1 aliphatic heterocycles. The smallest absolute Gasteiger partial charge is 0.336 e. The van der Waals surface area contributed by atoms with Gasteiger partial charge >= 0.3 is 5.97 Å². The summed E-state index contributed by atoms with van der Waals surface area (Å²) in [7, 11) is 0. The number of hydrogen-bond acceptors (Lipinski definition) is 3. The Morgan fingerprint density at radius 3 is 2.57 bits per heavy atom. The van der Waals surface area contributed by atoms with Gasteiger partial charge in [-0.25, -0.2) is 4.79 Å². The van der Waals surface area contributed by atoms with Crippen molar-refractivity contribution in [2.24, 2.45) is 5.41 Å². The zero-order valence-electron chi connectivity index (χ0n) is 22.9. The van der Waals surface area contributed by atoms with Crippen molar-refractivity contribution in [1.29, 1.82) is 0 Å². The lowest BCUT2D eigenvalue weighted by atomic mass is 9.72. The number of ether oxygens (including phenoxy) is 2. The average molecular weight is 475 g/mol. The molecule has 0 saturated carbocycles. The molecule has 0 N–H and O–H groups in total. The van der Waals surface area contributed by atoms with Gasteiger partial charge in [0, 0.05) is 11.6 Å². The molecule has 0 radical (unpaired) electrons. The molecule has 188 valence electrons. The van der Waals surface area contributed by atoms with Gasteiger partial charge in [-0.05, 0) is 107 Å². The zero-order valence-corrected chi connectivity index (χ0v) is 22.9. The Morgan fingerprint density at radius 1 is 1.11 bits per heavy atom. The van der Waals surface area contributed by atoms with Gasteiger partial charge in [0.15, 0.2) is 0 Å². The highest BCUT2D eigenvalue weighted by Gasteiger charge is 2.26. The number of aryl methyl sites for hydroxylation is 1. The van der Waals surface area contributed by atoms with Crippen molar-refractivity contribution in [3.05, 3.63) is 81.5 Å². The predicted molar refractivity (Wildman–Crippen MR) is 146 cm³/mol. The maximum absolute atomic E-state index is 12.6. The lowest BCUT2D eigenvalue weighted by Gasteiger charge is -2.32. The molecular formula is C32H42O3. The van der Waals surface area contributed by atoms with Crippen LogP contribution < -0.4 is 9.47 Å². The molecule has 3 nitrogen and oxygen atoms in total. The van der Waals surface area contributed by atoms with E-state index in [-0.39, 0.29) is 17.5 Å². The molecule has 3 rings (SSSR count). The summed E-state index contributed by atoms with van der Waals surface area (Å²) in [5.74, 6) is 1.21. The van der Waals surface area contributed by atoms with Crippen molar-refractivity contribution in [2.45, 2.75) is 93.6 Å². The van der Waals surface area contributed by atoms with Crippen molar-refractivity contribution in [3.63, 3.8) is 0 Å². The lowest BCUT2D eigenvalue weighted by molar-refractivity contribution is -0.129. The van der Waals surface area contributed by atoms with Crippen LogP contribution in [0.3, 0.4) is 0 Å². The first kappa shape index (κ1) is 26.8. The maximum Gasteiger partial charge on any atom is 0.336 e. The van der Waals surface area contributed by atoms with Crippen LogP contribution in [0.15, 0.2) is 64.8 Å². The third-order valence-corrected chi connectivity index (χ3v) is 7.25. The van der Waals surface area contributed by atoms with Crippen LogP contribution in [0.2, 0.25) is 0 Å². The van der Waals surface area contributed by atoms with Crippen LogP contribution >= 0.6 is 0 Å². The molecule has 0 amide bonds. The van der Waals surface area contributed by atoms with E-state index in [9.17, 15) is 4.79 Å². The highest BCUT2D eigenvalue weighted by Crippen LogP contribution is 2.41. The summed E-state index contributed by atoms with van der Waals surface area (Å²) in [6.07, 6.45) is 17.9. The van der Waals surface area contributed by atoms with E-state index in [1.807, 2.05) is 39.0 Å². The Kier molecular flexibility index (Phi) is 8.64. The molecule has 1 unspecified atom stereocenters. The minimum absolute atomic E-state index is 0.222. The Balaban J connectivity index is 1.64. The fraction of sp³-hybridized carbons (Fsp3) is 0.469. The summed E-state index contributed by atoms with van der Waals surface area (Å²) in [6, 6.07) is 1.91. The highest BCUT2D eigenvalue weighted by atomic mass is 16.5. The highest BCUT2D eigenvalue weighted by molar-refractivity contribution is 5.85. The molecule has 1 aromatic carbocycles. The molecule has 0 fully saturated rings. The molecule has 3 heteroatoms. The van der Waals surface area contributed by atoms with Crippen LogP contribution in [0, 0.1) is 19.3 Å². The quantitative estimate of drug-likeness (QED) is 0.179. The van der Waals surface area contributed by atoms with E-state index < -0.39 is 0 Å². The van der Waals surface area contributed by atoms with Gasteiger partial charge in [-0.3, -0.25) is 0 Å². The largest absolute Gasteiger partial charge is 0.490 e. The third kappa shape index (κ3) is 6.87. The fourth-order valence-electron chi connectivity index (χ4n) is 5.11. The molecular weight excluding hydrogens is 432 g/mol. The first-order valence-corrected chi connectivity index (χ1v) is 12.9. The van der Waals surface area contributed by atoms with Gasteiger partial charge in [-0.2, -0.15) is 0 Å².